The largest absolute Gasteiger partial charge is 0.379 e. The van der Waals surface area contributed by atoms with E-state index in [1.165, 1.54) is 16.7 Å². The first-order valence-corrected chi connectivity index (χ1v) is 9.02. The molecule has 132 valence electrons. The lowest BCUT2D eigenvalue weighted by Crippen LogP contribution is -2.18. The monoisotopic (exact) mass is 337 g/mol. The summed E-state index contributed by atoms with van der Waals surface area (Å²) in [6.07, 6.45) is 2.14. The lowest BCUT2D eigenvalue weighted by Gasteiger charge is -2.17. The van der Waals surface area contributed by atoms with E-state index >= 15 is 0 Å². The molecule has 5 heteroatoms. The predicted molar refractivity (Wildman–Crippen MR) is 103 cm³/mol. The maximum absolute atomic E-state index is 4.69. The Morgan fingerprint density at radius 2 is 1.60 bits per heavy atom. The maximum atomic E-state index is 4.69. The fourth-order valence-electron chi connectivity index (χ4n) is 3.51. The lowest BCUT2D eigenvalue weighted by molar-refractivity contribution is 0.671. The summed E-state index contributed by atoms with van der Waals surface area (Å²) in [6, 6.07) is 6.85. The minimum absolute atomic E-state index is 0.425. The third-order valence-corrected chi connectivity index (χ3v) is 4.74. The summed E-state index contributed by atoms with van der Waals surface area (Å²) in [6.45, 7) is 12.8. The highest BCUT2D eigenvalue weighted by atomic mass is 15.4. The maximum Gasteiger partial charge on any atom is 0.201 e. The van der Waals surface area contributed by atoms with Gasteiger partial charge in [-0.05, 0) is 57.7 Å². The zero-order chi connectivity index (χ0) is 18.1. The average Bonchev–Trinajstić information content (AvgIpc) is 2.95. The van der Waals surface area contributed by atoms with Gasteiger partial charge in [-0.25, -0.2) is 0 Å². The van der Waals surface area contributed by atoms with Crippen LogP contribution in [-0.4, -0.2) is 25.9 Å². The van der Waals surface area contributed by atoms with Crippen LogP contribution in [0.15, 0.2) is 18.2 Å². The number of benzene rings is 1. The van der Waals surface area contributed by atoms with E-state index in [0.717, 1.165) is 41.3 Å². The summed E-state index contributed by atoms with van der Waals surface area (Å²) in [5.41, 5.74) is 7.50. The first-order valence-electron chi connectivity index (χ1n) is 9.02. The Kier molecular flexibility index (Phi) is 4.75. The first-order chi connectivity index (χ1) is 11.9. The normalized spacial score (nSPS) is 11.5. The number of anilines is 1. The van der Waals surface area contributed by atoms with Crippen molar-refractivity contribution < 1.29 is 0 Å². The first kappa shape index (κ1) is 17.4. The van der Waals surface area contributed by atoms with Crippen molar-refractivity contribution in [2.24, 2.45) is 0 Å². The van der Waals surface area contributed by atoms with Crippen LogP contribution < -0.4 is 5.32 Å². The quantitative estimate of drug-likeness (QED) is 0.738. The number of nitrogens with one attached hydrogen (secondary N) is 1. The molecule has 5 nitrogen and oxygen atoms in total. The summed E-state index contributed by atoms with van der Waals surface area (Å²) in [5, 5.41) is 17.2. The second-order valence-corrected chi connectivity index (χ2v) is 6.89. The van der Waals surface area contributed by atoms with Gasteiger partial charge in [0, 0.05) is 11.6 Å². The van der Waals surface area contributed by atoms with Crippen molar-refractivity contribution in [3.05, 3.63) is 40.6 Å². The summed E-state index contributed by atoms with van der Waals surface area (Å²) in [5.74, 6) is 0.807. The van der Waals surface area contributed by atoms with Crippen molar-refractivity contribution in [2.45, 2.75) is 60.4 Å². The molecule has 1 N–H and O–H groups in total. The van der Waals surface area contributed by atoms with Crippen LogP contribution in [0.3, 0.4) is 0 Å². The molecule has 0 bridgehead atoms. The molecule has 0 aliphatic rings. The molecular formula is C20H27N5. The van der Waals surface area contributed by atoms with Crippen molar-refractivity contribution in [3.63, 3.8) is 0 Å². The van der Waals surface area contributed by atoms with Crippen LogP contribution >= 0.6 is 0 Å². The average molecular weight is 337 g/mol. The Morgan fingerprint density at radius 1 is 0.960 bits per heavy atom. The third-order valence-electron chi connectivity index (χ3n) is 4.74. The minimum atomic E-state index is 0.425. The Morgan fingerprint density at radius 3 is 2.20 bits per heavy atom. The molecule has 0 saturated heterocycles. The molecule has 3 aromatic rings. The van der Waals surface area contributed by atoms with Gasteiger partial charge in [-0.1, -0.05) is 31.5 Å². The molecule has 0 amide bonds. The molecule has 3 rings (SSSR count). The van der Waals surface area contributed by atoms with Crippen molar-refractivity contribution >= 4 is 11.3 Å². The van der Waals surface area contributed by atoms with Gasteiger partial charge in [-0.2, -0.15) is 9.61 Å². The zero-order valence-electron chi connectivity index (χ0n) is 16.0. The molecule has 25 heavy (non-hydrogen) atoms. The van der Waals surface area contributed by atoms with E-state index in [-0.39, 0.29) is 0 Å². The number of nitrogens with zero attached hydrogens (tertiary/aromatic N) is 4. The number of hydrogen-bond acceptors (Lipinski definition) is 4. The second-order valence-electron chi connectivity index (χ2n) is 6.89. The molecule has 1 aromatic carbocycles. The third kappa shape index (κ3) is 3.23. The van der Waals surface area contributed by atoms with E-state index in [2.05, 4.69) is 73.4 Å². The van der Waals surface area contributed by atoms with Gasteiger partial charge in [-0.3, -0.25) is 0 Å². The van der Waals surface area contributed by atoms with Gasteiger partial charge < -0.3 is 5.32 Å². The van der Waals surface area contributed by atoms with E-state index in [0.29, 0.717) is 6.04 Å². The van der Waals surface area contributed by atoms with Gasteiger partial charge in [0.15, 0.2) is 5.82 Å². The number of rotatable bonds is 5. The molecule has 0 aliphatic carbocycles. The summed E-state index contributed by atoms with van der Waals surface area (Å²) in [4.78, 5) is 0. The number of hydrogen-bond donors (Lipinski definition) is 1. The molecule has 0 radical (unpaired) electrons. The second kappa shape index (κ2) is 6.82. The summed E-state index contributed by atoms with van der Waals surface area (Å²) < 4.78 is 1.88. The highest BCUT2D eigenvalue weighted by molar-refractivity contribution is 5.73. The molecular weight excluding hydrogens is 310 g/mol. The predicted octanol–water partition coefficient (Wildman–Crippen LogP) is 4.63. The molecule has 0 atom stereocenters. The van der Waals surface area contributed by atoms with Gasteiger partial charge >= 0.3 is 0 Å². The Bertz CT molecular complexity index is 883. The zero-order valence-corrected chi connectivity index (χ0v) is 16.0. The van der Waals surface area contributed by atoms with Gasteiger partial charge in [0.1, 0.15) is 0 Å². The van der Waals surface area contributed by atoms with Gasteiger partial charge in [0.25, 0.3) is 0 Å². The standard InChI is InChI=1S/C20H27N5/c1-7-16(8-2)21-17-11-15(6)24-25-19(17)22-23-20(25)18-13(4)9-12(3)10-14(18)5/h9-11,16,21H,7-8H2,1-6H3. The van der Waals surface area contributed by atoms with Crippen LogP contribution in [0.4, 0.5) is 5.69 Å². The number of aryl methyl sites for hydroxylation is 4. The van der Waals surface area contributed by atoms with E-state index in [1.807, 2.05) is 11.4 Å². The van der Waals surface area contributed by atoms with Crippen LogP contribution in [0, 0.1) is 27.7 Å². The van der Waals surface area contributed by atoms with Crippen LogP contribution in [0.1, 0.15) is 49.1 Å². The molecule has 0 unspecified atom stereocenters. The van der Waals surface area contributed by atoms with E-state index < -0.39 is 0 Å². The van der Waals surface area contributed by atoms with Gasteiger partial charge in [0.2, 0.25) is 5.65 Å². The smallest absolute Gasteiger partial charge is 0.201 e. The highest BCUT2D eigenvalue weighted by Crippen LogP contribution is 2.29. The van der Waals surface area contributed by atoms with Crippen molar-refractivity contribution in [1.29, 1.82) is 0 Å². The molecule has 2 aromatic heterocycles. The Hall–Kier alpha value is -2.43. The van der Waals surface area contributed by atoms with Crippen molar-refractivity contribution in [2.75, 3.05) is 5.32 Å². The van der Waals surface area contributed by atoms with Gasteiger partial charge in [0.05, 0.1) is 11.4 Å². The van der Waals surface area contributed by atoms with Crippen molar-refractivity contribution in [3.8, 4) is 11.4 Å². The SMILES string of the molecule is CCC(CC)Nc1cc(C)nn2c(-c3c(C)cc(C)cc3C)nnc12. The fourth-order valence-corrected chi connectivity index (χ4v) is 3.51. The lowest BCUT2D eigenvalue weighted by atomic mass is 9.99. The Balaban J connectivity index is 2.19. The molecule has 0 saturated carbocycles. The Labute approximate surface area is 149 Å². The van der Waals surface area contributed by atoms with Crippen LogP contribution in [0.5, 0.6) is 0 Å². The van der Waals surface area contributed by atoms with Crippen molar-refractivity contribution in [1.82, 2.24) is 19.8 Å². The number of aromatic nitrogens is 4. The fraction of sp³-hybridized carbons (Fsp3) is 0.450. The van der Waals surface area contributed by atoms with Crippen LogP contribution in [-0.2, 0) is 0 Å². The molecule has 0 fully saturated rings. The molecule has 0 spiro atoms. The van der Waals surface area contributed by atoms with E-state index in [9.17, 15) is 0 Å². The van der Waals surface area contributed by atoms with Crippen LogP contribution in [0.2, 0.25) is 0 Å². The molecule has 2 heterocycles. The molecule has 0 aliphatic heterocycles. The summed E-state index contributed by atoms with van der Waals surface area (Å²) >= 11 is 0. The highest BCUT2D eigenvalue weighted by Gasteiger charge is 2.18. The topological polar surface area (TPSA) is 55.1 Å². The van der Waals surface area contributed by atoms with Gasteiger partial charge in [-0.15, -0.1) is 10.2 Å². The summed E-state index contributed by atoms with van der Waals surface area (Å²) in [7, 11) is 0. The number of fused-ring (bicyclic) bond motifs is 1. The van der Waals surface area contributed by atoms with E-state index in [1.54, 1.807) is 0 Å². The van der Waals surface area contributed by atoms with Crippen LogP contribution in [0.25, 0.3) is 17.0 Å². The minimum Gasteiger partial charge on any atom is -0.379 e. The van der Waals surface area contributed by atoms with E-state index in [4.69, 9.17) is 0 Å².